The SMILES string of the molecule is [B]N1CC2(C1)CN(C(C)C)C2. The molecule has 2 fully saturated rings. The lowest BCUT2D eigenvalue weighted by molar-refractivity contribution is -0.0942. The third-order valence-corrected chi connectivity index (χ3v) is 2.88. The van der Waals surface area contributed by atoms with Crippen LogP contribution < -0.4 is 0 Å². The predicted molar refractivity (Wildman–Crippen MR) is 46.5 cm³/mol. The maximum Gasteiger partial charge on any atom is 0.182 e. The van der Waals surface area contributed by atoms with Crippen molar-refractivity contribution >= 4 is 7.98 Å². The molecule has 2 saturated heterocycles. The van der Waals surface area contributed by atoms with Gasteiger partial charge in [0.05, 0.1) is 0 Å². The van der Waals surface area contributed by atoms with E-state index in [1.165, 1.54) is 13.1 Å². The van der Waals surface area contributed by atoms with Crippen LogP contribution in [0.4, 0.5) is 0 Å². The number of rotatable bonds is 1. The molecule has 2 aliphatic heterocycles. The summed E-state index contributed by atoms with van der Waals surface area (Å²) in [4.78, 5) is 4.42. The molecule has 1 spiro atoms. The zero-order chi connectivity index (χ0) is 8.06. The van der Waals surface area contributed by atoms with Crippen LogP contribution in [0.3, 0.4) is 0 Å². The molecule has 0 N–H and O–H groups in total. The summed E-state index contributed by atoms with van der Waals surface area (Å²) in [7, 11) is 5.60. The maximum absolute atomic E-state index is 5.60. The fourth-order valence-electron chi connectivity index (χ4n) is 2.20. The summed E-state index contributed by atoms with van der Waals surface area (Å²) < 4.78 is 0. The number of likely N-dealkylation sites (tertiary alicyclic amines) is 1. The van der Waals surface area contributed by atoms with Crippen LogP contribution in [0.25, 0.3) is 0 Å². The van der Waals surface area contributed by atoms with Crippen molar-refractivity contribution in [2.75, 3.05) is 26.2 Å². The van der Waals surface area contributed by atoms with Gasteiger partial charge >= 0.3 is 0 Å². The smallest absolute Gasteiger partial charge is 0.182 e. The monoisotopic (exact) mass is 150 g/mol. The molecule has 2 radical (unpaired) electrons. The molecule has 0 saturated carbocycles. The van der Waals surface area contributed by atoms with Crippen molar-refractivity contribution < 1.29 is 0 Å². The van der Waals surface area contributed by atoms with E-state index < -0.39 is 0 Å². The Morgan fingerprint density at radius 3 is 2.09 bits per heavy atom. The average Bonchev–Trinajstić information content (AvgIpc) is 1.73. The van der Waals surface area contributed by atoms with Crippen LogP contribution in [0, 0.1) is 5.41 Å². The van der Waals surface area contributed by atoms with E-state index in [0.29, 0.717) is 11.5 Å². The Bertz CT molecular complexity index is 155. The van der Waals surface area contributed by atoms with Crippen LogP contribution >= 0.6 is 0 Å². The zero-order valence-corrected chi connectivity index (χ0v) is 7.38. The zero-order valence-electron chi connectivity index (χ0n) is 7.38. The normalized spacial score (nSPS) is 30.5. The summed E-state index contributed by atoms with van der Waals surface area (Å²) in [6.45, 7) is 9.25. The highest BCUT2D eigenvalue weighted by Crippen LogP contribution is 2.39. The Balaban J connectivity index is 1.80. The molecule has 0 bridgehead atoms. The van der Waals surface area contributed by atoms with Gasteiger partial charge in [-0.05, 0) is 26.9 Å². The molecule has 2 rings (SSSR count). The van der Waals surface area contributed by atoms with Crippen LogP contribution in [-0.4, -0.2) is 49.9 Å². The van der Waals surface area contributed by atoms with E-state index in [4.69, 9.17) is 7.98 Å². The number of hydrogen-bond donors (Lipinski definition) is 0. The van der Waals surface area contributed by atoms with Gasteiger partial charge in [0.2, 0.25) is 0 Å². The minimum Gasteiger partial charge on any atom is -0.352 e. The summed E-state index contributed by atoms with van der Waals surface area (Å²) in [5, 5.41) is 0. The standard InChI is InChI=1S/C8H15BN2/c1-7(2)10-3-8(4-10)5-11(9)6-8/h7H,3-6H2,1-2H3. The second-order valence-electron chi connectivity index (χ2n) is 4.40. The minimum absolute atomic E-state index is 0.596. The molecule has 0 unspecified atom stereocenters. The van der Waals surface area contributed by atoms with Gasteiger partial charge in [-0.3, -0.25) is 4.90 Å². The van der Waals surface area contributed by atoms with E-state index in [1.807, 2.05) is 4.81 Å². The second-order valence-corrected chi connectivity index (χ2v) is 4.40. The van der Waals surface area contributed by atoms with Crippen molar-refractivity contribution in [1.29, 1.82) is 0 Å². The van der Waals surface area contributed by atoms with E-state index >= 15 is 0 Å². The summed E-state index contributed by atoms with van der Waals surface area (Å²) in [5.41, 5.74) is 0.596. The highest BCUT2D eigenvalue weighted by atomic mass is 15.3. The molecule has 0 atom stereocenters. The van der Waals surface area contributed by atoms with Gasteiger partial charge < -0.3 is 4.81 Å². The molecule has 2 nitrogen and oxygen atoms in total. The fraction of sp³-hybridized carbons (Fsp3) is 1.00. The Kier molecular flexibility index (Phi) is 1.55. The lowest BCUT2D eigenvalue weighted by Gasteiger charge is -2.61. The second kappa shape index (κ2) is 2.24. The fourth-order valence-corrected chi connectivity index (χ4v) is 2.20. The number of nitrogens with zero attached hydrogens (tertiary/aromatic N) is 2. The van der Waals surface area contributed by atoms with E-state index in [9.17, 15) is 0 Å². The highest BCUT2D eigenvalue weighted by Gasteiger charge is 2.50. The van der Waals surface area contributed by atoms with Gasteiger partial charge in [-0.25, -0.2) is 0 Å². The molecule has 2 heterocycles. The lowest BCUT2D eigenvalue weighted by atomic mass is 9.71. The Labute approximate surface area is 70.0 Å². The van der Waals surface area contributed by atoms with Gasteiger partial charge in [0.25, 0.3) is 0 Å². The first kappa shape index (κ1) is 7.62. The third kappa shape index (κ3) is 1.11. The quantitative estimate of drug-likeness (QED) is 0.489. The van der Waals surface area contributed by atoms with Crippen LogP contribution in [-0.2, 0) is 0 Å². The van der Waals surface area contributed by atoms with Crippen LogP contribution in [0.2, 0.25) is 0 Å². The molecule has 0 aromatic carbocycles. The molecule has 0 aromatic heterocycles. The average molecular weight is 150 g/mol. The van der Waals surface area contributed by atoms with Crippen LogP contribution in [0.15, 0.2) is 0 Å². The summed E-state index contributed by atoms with van der Waals surface area (Å²) in [6, 6.07) is 0.715. The largest absolute Gasteiger partial charge is 0.352 e. The van der Waals surface area contributed by atoms with Crippen molar-refractivity contribution in [3.63, 3.8) is 0 Å². The Morgan fingerprint density at radius 1 is 1.18 bits per heavy atom. The van der Waals surface area contributed by atoms with Gasteiger partial charge in [0, 0.05) is 24.5 Å². The van der Waals surface area contributed by atoms with Crippen LogP contribution in [0.5, 0.6) is 0 Å². The molecule has 11 heavy (non-hydrogen) atoms. The highest BCUT2D eigenvalue weighted by molar-refractivity contribution is 6.05. The first-order chi connectivity index (χ1) is 5.11. The first-order valence-electron chi connectivity index (χ1n) is 4.35. The molecule has 60 valence electrons. The molecular formula is C8H15BN2. The molecule has 0 aromatic rings. The Hall–Kier alpha value is -0.0151. The van der Waals surface area contributed by atoms with E-state index in [0.717, 1.165) is 13.1 Å². The van der Waals surface area contributed by atoms with Gasteiger partial charge in [-0.1, -0.05) is 0 Å². The molecule has 3 heteroatoms. The molecule has 2 aliphatic rings. The third-order valence-electron chi connectivity index (χ3n) is 2.88. The minimum atomic E-state index is 0.596. The first-order valence-corrected chi connectivity index (χ1v) is 4.35. The summed E-state index contributed by atoms with van der Waals surface area (Å²) in [6.07, 6.45) is 0. The van der Waals surface area contributed by atoms with E-state index in [-0.39, 0.29) is 0 Å². The van der Waals surface area contributed by atoms with E-state index in [1.54, 1.807) is 0 Å². The van der Waals surface area contributed by atoms with E-state index in [2.05, 4.69) is 18.7 Å². The van der Waals surface area contributed by atoms with Crippen LogP contribution in [0.1, 0.15) is 13.8 Å². The Morgan fingerprint density at radius 2 is 1.73 bits per heavy atom. The van der Waals surface area contributed by atoms with Gasteiger partial charge in [-0.15, -0.1) is 0 Å². The topological polar surface area (TPSA) is 6.48 Å². The molecule has 0 amide bonds. The predicted octanol–water partition coefficient (Wildman–Crippen LogP) is 0.0959. The summed E-state index contributed by atoms with van der Waals surface area (Å²) >= 11 is 0. The number of hydrogen-bond acceptors (Lipinski definition) is 2. The van der Waals surface area contributed by atoms with Gasteiger partial charge in [-0.2, -0.15) is 0 Å². The maximum atomic E-state index is 5.60. The van der Waals surface area contributed by atoms with Crippen molar-refractivity contribution in [2.45, 2.75) is 19.9 Å². The van der Waals surface area contributed by atoms with Gasteiger partial charge in [0.15, 0.2) is 7.98 Å². The summed E-state index contributed by atoms with van der Waals surface area (Å²) in [5.74, 6) is 0. The lowest BCUT2D eigenvalue weighted by Crippen LogP contribution is -2.72. The van der Waals surface area contributed by atoms with Crippen molar-refractivity contribution in [2.24, 2.45) is 5.41 Å². The molecular weight excluding hydrogens is 135 g/mol. The van der Waals surface area contributed by atoms with Gasteiger partial charge in [0.1, 0.15) is 0 Å². The van der Waals surface area contributed by atoms with Crippen molar-refractivity contribution in [3.8, 4) is 0 Å². The van der Waals surface area contributed by atoms with Crippen molar-refractivity contribution in [3.05, 3.63) is 0 Å². The van der Waals surface area contributed by atoms with Crippen molar-refractivity contribution in [1.82, 2.24) is 9.71 Å². The molecule has 0 aliphatic carbocycles.